The third-order valence-electron chi connectivity index (χ3n) is 12.4. The lowest BCUT2D eigenvalue weighted by atomic mass is 9.93. The van der Waals surface area contributed by atoms with E-state index >= 15 is 0 Å². The van der Waals surface area contributed by atoms with Crippen molar-refractivity contribution in [2.75, 3.05) is 61.5 Å². The number of amides is 5. The number of likely N-dealkylation sites (N-methyl/N-ethyl adjacent to an activating group) is 1. The van der Waals surface area contributed by atoms with Crippen molar-refractivity contribution in [1.82, 2.24) is 35.0 Å². The largest absolute Gasteiger partial charge is 0.478 e. The fourth-order valence-electron chi connectivity index (χ4n) is 9.26. The SMILES string of the molecule is CNC(=O)COc1cc2cc(Nc3nc(N4C[C@@H](C)N(CC5CCN(c6cccc7c6C(=O)N(C6CCC(=O)NC6=O)C7=O)CC5)[C@@H](C)C4)ncc3Cl)ccc2n(C(C)C)c1=O. The Bertz CT molecular complexity index is 2510. The zero-order chi connectivity index (χ0) is 44.0. The highest BCUT2D eigenvalue weighted by Gasteiger charge is 2.46. The molecule has 62 heavy (non-hydrogen) atoms. The quantitative estimate of drug-likeness (QED) is 0.183. The van der Waals surface area contributed by atoms with Crippen molar-refractivity contribution in [3.63, 3.8) is 0 Å². The molecule has 1 unspecified atom stereocenters. The molecule has 18 heteroatoms. The first-order valence-electron chi connectivity index (χ1n) is 21.1. The molecule has 8 rings (SSSR count). The van der Waals surface area contributed by atoms with Crippen LogP contribution in [0, 0.1) is 5.92 Å². The highest BCUT2D eigenvalue weighted by Crippen LogP contribution is 2.37. The average Bonchev–Trinajstić information content (AvgIpc) is 3.50. The summed E-state index contributed by atoms with van der Waals surface area (Å²) in [5.74, 6) is -0.844. The van der Waals surface area contributed by atoms with Gasteiger partial charge in [-0.25, -0.2) is 4.98 Å². The lowest BCUT2D eigenvalue weighted by molar-refractivity contribution is -0.136. The number of pyridine rings is 1. The Morgan fingerprint density at radius 3 is 2.40 bits per heavy atom. The van der Waals surface area contributed by atoms with E-state index in [2.05, 4.69) is 49.5 Å². The maximum Gasteiger partial charge on any atom is 0.293 e. The summed E-state index contributed by atoms with van der Waals surface area (Å²) in [7, 11) is 1.51. The van der Waals surface area contributed by atoms with Crippen molar-refractivity contribution in [3.05, 3.63) is 75.2 Å². The molecule has 0 aliphatic carbocycles. The van der Waals surface area contributed by atoms with E-state index in [9.17, 15) is 28.8 Å². The molecule has 0 bridgehead atoms. The van der Waals surface area contributed by atoms with Gasteiger partial charge in [-0.3, -0.25) is 43.9 Å². The first-order chi connectivity index (χ1) is 29.7. The first kappa shape index (κ1) is 42.6. The van der Waals surface area contributed by atoms with Crippen LogP contribution >= 0.6 is 11.6 Å². The molecule has 3 atom stereocenters. The molecular formula is C44H51ClN10O7. The van der Waals surface area contributed by atoms with E-state index in [1.165, 1.54) is 7.05 Å². The van der Waals surface area contributed by atoms with E-state index < -0.39 is 29.7 Å². The fraction of sp³-hybridized carbons (Fsp3) is 0.455. The fourth-order valence-corrected chi connectivity index (χ4v) is 9.40. The van der Waals surface area contributed by atoms with Crippen LogP contribution in [0.2, 0.25) is 5.02 Å². The lowest BCUT2D eigenvalue weighted by Gasteiger charge is -2.46. The van der Waals surface area contributed by atoms with E-state index in [1.54, 1.807) is 29.0 Å². The Morgan fingerprint density at radius 2 is 1.71 bits per heavy atom. The number of ether oxygens (including phenoxy) is 1. The zero-order valence-corrected chi connectivity index (χ0v) is 36.2. The molecule has 4 aliphatic rings. The van der Waals surface area contributed by atoms with Gasteiger partial charge in [0.25, 0.3) is 23.3 Å². The van der Waals surface area contributed by atoms with Crippen molar-refractivity contribution in [1.29, 1.82) is 0 Å². The third kappa shape index (κ3) is 8.18. The summed E-state index contributed by atoms with van der Waals surface area (Å²) in [5.41, 5.74) is 2.42. The zero-order valence-electron chi connectivity index (χ0n) is 35.4. The maximum absolute atomic E-state index is 13.7. The lowest BCUT2D eigenvalue weighted by Crippen LogP contribution is -2.58. The summed E-state index contributed by atoms with van der Waals surface area (Å²) in [6.07, 6.45) is 3.61. The minimum atomic E-state index is -1.00. The molecule has 4 aromatic rings. The van der Waals surface area contributed by atoms with Crippen molar-refractivity contribution >= 4 is 75.2 Å². The second-order valence-corrected chi connectivity index (χ2v) is 17.3. The molecule has 6 heterocycles. The van der Waals surface area contributed by atoms with E-state index in [-0.39, 0.29) is 54.8 Å². The van der Waals surface area contributed by atoms with Crippen LogP contribution in [0.4, 0.5) is 23.1 Å². The van der Waals surface area contributed by atoms with Gasteiger partial charge in [0.15, 0.2) is 18.2 Å². The number of aromatic nitrogens is 3. The topological polar surface area (TPSA) is 191 Å². The number of anilines is 4. The number of imide groups is 2. The number of fused-ring (bicyclic) bond motifs is 2. The van der Waals surface area contributed by atoms with Gasteiger partial charge in [-0.05, 0) is 89.3 Å². The second kappa shape index (κ2) is 17.4. The standard InChI is InChI=1S/C44H51ClN10O7/c1-24(2)54-32-10-9-29(17-28(32)18-35(42(54)60)62-23-37(57)46-5)48-39-31(45)19-47-44(50-39)52-20-25(3)53(26(4)21-52)22-27-13-15-51(16-14-27)33-8-6-7-30-38(33)43(61)55(41(30)59)34-11-12-36(56)49-40(34)58/h6-10,17-19,24-27,34H,11-16,20-23H2,1-5H3,(H,46,57)(H,47,48,50)(H,49,56,58)/t25-,26+,34?. The van der Waals surface area contributed by atoms with Gasteiger partial charge < -0.3 is 29.7 Å². The summed E-state index contributed by atoms with van der Waals surface area (Å²) in [5, 5.41) is 9.20. The van der Waals surface area contributed by atoms with Gasteiger partial charge in [0.05, 0.1) is 28.5 Å². The van der Waals surface area contributed by atoms with Gasteiger partial charge in [0.1, 0.15) is 11.1 Å². The molecule has 3 N–H and O–H groups in total. The monoisotopic (exact) mass is 866 g/mol. The summed E-state index contributed by atoms with van der Waals surface area (Å²) in [6, 6.07) is 11.8. The Labute approximate surface area is 363 Å². The number of piperidine rings is 2. The number of hydrogen-bond acceptors (Lipinski definition) is 13. The minimum Gasteiger partial charge on any atom is -0.478 e. The number of carbonyl (C=O) groups is 5. The average molecular weight is 867 g/mol. The highest BCUT2D eigenvalue weighted by atomic mass is 35.5. The molecule has 2 aromatic heterocycles. The van der Waals surface area contributed by atoms with Gasteiger partial charge in [-0.1, -0.05) is 17.7 Å². The van der Waals surface area contributed by atoms with Crippen LogP contribution in [0.25, 0.3) is 10.9 Å². The molecule has 2 aromatic carbocycles. The highest BCUT2D eigenvalue weighted by molar-refractivity contribution is 6.33. The number of rotatable bonds is 11. The molecule has 326 valence electrons. The number of halogens is 1. The maximum atomic E-state index is 13.7. The van der Waals surface area contributed by atoms with Crippen molar-refractivity contribution in [3.8, 4) is 5.75 Å². The van der Waals surface area contributed by atoms with Crippen LogP contribution in [0.3, 0.4) is 0 Å². The molecular weight excluding hydrogens is 816 g/mol. The minimum absolute atomic E-state index is 0.0747. The number of hydrogen-bond donors (Lipinski definition) is 3. The molecule has 3 saturated heterocycles. The second-order valence-electron chi connectivity index (χ2n) is 16.9. The third-order valence-corrected chi connectivity index (χ3v) is 12.7. The molecule has 0 saturated carbocycles. The van der Waals surface area contributed by atoms with Gasteiger partial charge in [0, 0.05) is 75.4 Å². The normalized spacial score (nSPS) is 21.1. The Balaban J connectivity index is 0.905. The molecule has 3 fully saturated rings. The molecule has 0 radical (unpaired) electrons. The van der Waals surface area contributed by atoms with Crippen molar-refractivity contribution < 1.29 is 28.7 Å². The summed E-state index contributed by atoms with van der Waals surface area (Å²) < 4.78 is 7.27. The summed E-state index contributed by atoms with van der Waals surface area (Å²) in [4.78, 5) is 94.1. The number of nitrogens with zero attached hydrogens (tertiary/aromatic N) is 7. The van der Waals surface area contributed by atoms with E-state index in [0.29, 0.717) is 58.3 Å². The van der Waals surface area contributed by atoms with Crippen LogP contribution in [-0.2, 0) is 14.4 Å². The van der Waals surface area contributed by atoms with E-state index in [4.69, 9.17) is 21.3 Å². The summed E-state index contributed by atoms with van der Waals surface area (Å²) >= 11 is 6.65. The molecule has 17 nitrogen and oxygen atoms in total. The number of carbonyl (C=O) groups excluding carboxylic acids is 5. The van der Waals surface area contributed by atoms with E-state index in [0.717, 1.165) is 48.3 Å². The Morgan fingerprint density at radius 1 is 0.968 bits per heavy atom. The van der Waals surface area contributed by atoms with Gasteiger partial charge in [-0.15, -0.1) is 0 Å². The van der Waals surface area contributed by atoms with Crippen LogP contribution in [0.1, 0.15) is 80.1 Å². The van der Waals surface area contributed by atoms with Crippen LogP contribution in [0.15, 0.2) is 53.5 Å². The Hall–Kier alpha value is -6.07. The first-order valence-corrected chi connectivity index (χ1v) is 21.5. The van der Waals surface area contributed by atoms with Crippen LogP contribution < -0.4 is 36.0 Å². The van der Waals surface area contributed by atoms with E-state index in [1.807, 2.05) is 38.1 Å². The summed E-state index contributed by atoms with van der Waals surface area (Å²) in [6.45, 7) is 11.8. The van der Waals surface area contributed by atoms with Crippen molar-refractivity contribution in [2.45, 2.75) is 77.5 Å². The van der Waals surface area contributed by atoms with Crippen molar-refractivity contribution in [2.24, 2.45) is 5.92 Å². The van der Waals surface area contributed by atoms with Crippen LogP contribution in [-0.4, -0.2) is 118 Å². The van der Waals surface area contributed by atoms with Crippen LogP contribution in [0.5, 0.6) is 5.75 Å². The van der Waals surface area contributed by atoms with Gasteiger partial charge >= 0.3 is 0 Å². The predicted octanol–water partition coefficient (Wildman–Crippen LogP) is 4.11. The Kier molecular flexibility index (Phi) is 11.9. The predicted molar refractivity (Wildman–Crippen MR) is 234 cm³/mol. The van der Waals surface area contributed by atoms with Gasteiger partial charge in [0.2, 0.25) is 17.8 Å². The number of nitrogens with one attached hydrogen (secondary N) is 3. The number of benzene rings is 2. The van der Waals surface area contributed by atoms with Gasteiger partial charge in [-0.2, -0.15) is 4.98 Å². The number of piperazine rings is 1. The molecule has 4 aliphatic heterocycles. The molecule has 5 amide bonds. The smallest absolute Gasteiger partial charge is 0.293 e. The molecule has 0 spiro atoms.